The van der Waals surface area contributed by atoms with E-state index in [1.165, 1.54) is 5.56 Å². The molecule has 0 aliphatic rings. The van der Waals surface area contributed by atoms with Crippen LogP contribution in [0, 0.1) is 6.92 Å². The van der Waals surface area contributed by atoms with E-state index in [0.717, 1.165) is 17.9 Å². The van der Waals surface area contributed by atoms with Gasteiger partial charge in [-0.1, -0.05) is 24.6 Å². The van der Waals surface area contributed by atoms with Gasteiger partial charge in [0.2, 0.25) is 0 Å². The minimum absolute atomic E-state index is 0.365. The molecular weight excluding hydrogens is 202 g/mol. The Morgan fingerprint density at radius 2 is 2.19 bits per heavy atom. The molecule has 0 saturated carbocycles. The molecule has 0 saturated heterocycles. The monoisotopic (exact) mass is 223 g/mol. The van der Waals surface area contributed by atoms with Crippen LogP contribution in [0.15, 0.2) is 18.2 Å². The Morgan fingerprint density at radius 1 is 1.44 bits per heavy atom. The summed E-state index contributed by atoms with van der Waals surface area (Å²) in [6.07, 6.45) is 0.258. The van der Waals surface area contributed by atoms with Crippen LogP contribution in [0.4, 0.5) is 0 Å². The first-order valence-corrected chi connectivity index (χ1v) is 5.69. The van der Waals surface area contributed by atoms with Crippen molar-refractivity contribution in [2.75, 3.05) is 20.2 Å². The highest BCUT2D eigenvalue weighted by molar-refractivity contribution is 5.37. The first-order valence-electron chi connectivity index (χ1n) is 5.69. The molecule has 0 aromatic heterocycles. The van der Waals surface area contributed by atoms with E-state index in [0.29, 0.717) is 13.0 Å². The number of hydrogen-bond donors (Lipinski definition) is 2. The minimum atomic E-state index is -0.365. The van der Waals surface area contributed by atoms with Crippen molar-refractivity contribution in [1.82, 2.24) is 5.32 Å². The largest absolute Gasteiger partial charge is 0.496 e. The predicted molar refractivity (Wildman–Crippen MR) is 66.0 cm³/mol. The van der Waals surface area contributed by atoms with Crippen LogP contribution in [0.5, 0.6) is 5.75 Å². The maximum atomic E-state index is 9.83. The molecule has 3 heteroatoms. The van der Waals surface area contributed by atoms with Crippen molar-refractivity contribution in [2.24, 2.45) is 0 Å². The van der Waals surface area contributed by atoms with Crippen molar-refractivity contribution < 1.29 is 9.84 Å². The van der Waals surface area contributed by atoms with Gasteiger partial charge < -0.3 is 15.2 Å². The molecule has 0 spiro atoms. The number of aryl methyl sites for hydroxylation is 1. The van der Waals surface area contributed by atoms with E-state index < -0.39 is 0 Å². The summed E-state index contributed by atoms with van der Waals surface area (Å²) in [5, 5.41) is 13.0. The van der Waals surface area contributed by atoms with Crippen molar-refractivity contribution in [1.29, 1.82) is 0 Å². The van der Waals surface area contributed by atoms with Crippen LogP contribution >= 0.6 is 0 Å². The molecule has 1 aromatic carbocycles. The Labute approximate surface area is 97.4 Å². The first kappa shape index (κ1) is 13.0. The highest BCUT2D eigenvalue weighted by Gasteiger charge is 2.09. The van der Waals surface area contributed by atoms with Crippen LogP contribution in [0.3, 0.4) is 0 Å². The zero-order chi connectivity index (χ0) is 12.0. The normalized spacial score (nSPS) is 12.5. The summed E-state index contributed by atoms with van der Waals surface area (Å²) in [4.78, 5) is 0. The molecule has 0 radical (unpaired) electrons. The fourth-order valence-corrected chi connectivity index (χ4v) is 1.70. The highest BCUT2D eigenvalue weighted by Crippen LogP contribution is 2.20. The van der Waals surface area contributed by atoms with Gasteiger partial charge in [0.05, 0.1) is 13.2 Å². The highest BCUT2D eigenvalue weighted by atomic mass is 16.5. The van der Waals surface area contributed by atoms with E-state index in [-0.39, 0.29) is 6.10 Å². The molecule has 0 fully saturated rings. The standard InChI is InChI=1S/C13H21NO2/c1-4-14-9-12(15)8-11-7-10(2)5-6-13(11)16-3/h5-7,12,14-15H,4,8-9H2,1-3H3. The Kier molecular flexibility index (Phi) is 5.29. The molecule has 1 rings (SSSR count). The van der Waals surface area contributed by atoms with Crippen LogP contribution in [-0.4, -0.2) is 31.4 Å². The fourth-order valence-electron chi connectivity index (χ4n) is 1.70. The third-order valence-corrected chi connectivity index (χ3v) is 2.52. The van der Waals surface area contributed by atoms with Gasteiger partial charge >= 0.3 is 0 Å². The first-order chi connectivity index (χ1) is 7.67. The Hall–Kier alpha value is -1.06. The lowest BCUT2D eigenvalue weighted by molar-refractivity contribution is 0.171. The van der Waals surface area contributed by atoms with Gasteiger partial charge in [-0.25, -0.2) is 0 Å². The molecule has 0 aliphatic heterocycles. The SMILES string of the molecule is CCNCC(O)Cc1cc(C)ccc1OC. The minimum Gasteiger partial charge on any atom is -0.496 e. The second kappa shape index (κ2) is 6.51. The second-order valence-electron chi connectivity index (χ2n) is 3.98. The molecule has 90 valence electrons. The van der Waals surface area contributed by atoms with Crippen molar-refractivity contribution in [3.8, 4) is 5.75 Å². The van der Waals surface area contributed by atoms with Crippen LogP contribution in [0.1, 0.15) is 18.1 Å². The van der Waals surface area contributed by atoms with Crippen LogP contribution in [0.2, 0.25) is 0 Å². The van der Waals surface area contributed by atoms with E-state index in [9.17, 15) is 5.11 Å². The summed E-state index contributed by atoms with van der Waals surface area (Å²) in [5.74, 6) is 0.848. The number of likely N-dealkylation sites (N-methyl/N-ethyl adjacent to an activating group) is 1. The average Bonchev–Trinajstić information content (AvgIpc) is 2.27. The van der Waals surface area contributed by atoms with Crippen molar-refractivity contribution in [2.45, 2.75) is 26.4 Å². The Bertz CT molecular complexity index is 326. The Morgan fingerprint density at radius 3 is 2.81 bits per heavy atom. The number of ether oxygens (including phenoxy) is 1. The number of rotatable bonds is 6. The van der Waals surface area contributed by atoms with E-state index in [1.807, 2.05) is 26.0 Å². The molecule has 1 atom stereocenters. The average molecular weight is 223 g/mol. The van der Waals surface area contributed by atoms with Gasteiger partial charge in [0, 0.05) is 13.0 Å². The van der Waals surface area contributed by atoms with Gasteiger partial charge in [-0.3, -0.25) is 0 Å². The van der Waals surface area contributed by atoms with E-state index in [2.05, 4.69) is 11.4 Å². The molecule has 1 aromatic rings. The van der Waals surface area contributed by atoms with Gasteiger partial charge in [-0.2, -0.15) is 0 Å². The van der Waals surface area contributed by atoms with Crippen LogP contribution in [0.25, 0.3) is 0 Å². The fraction of sp³-hybridized carbons (Fsp3) is 0.538. The quantitative estimate of drug-likeness (QED) is 0.768. The number of hydrogen-bond acceptors (Lipinski definition) is 3. The van der Waals surface area contributed by atoms with E-state index in [1.54, 1.807) is 7.11 Å². The molecular formula is C13H21NO2. The lowest BCUT2D eigenvalue weighted by Crippen LogP contribution is -2.28. The molecule has 0 aliphatic carbocycles. The molecule has 16 heavy (non-hydrogen) atoms. The number of methoxy groups -OCH3 is 1. The summed E-state index contributed by atoms with van der Waals surface area (Å²) in [5.41, 5.74) is 2.25. The molecule has 3 nitrogen and oxygen atoms in total. The summed E-state index contributed by atoms with van der Waals surface area (Å²) >= 11 is 0. The maximum absolute atomic E-state index is 9.83. The molecule has 1 unspecified atom stereocenters. The number of aliphatic hydroxyl groups is 1. The smallest absolute Gasteiger partial charge is 0.122 e. The van der Waals surface area contributed by atoms with Crippen LogP contribution in [-0.2, 0) is 6.42 Å². The van der Waals surface area contributed by atoms with Gasteiger partial charge in [-0.05, 0) is 25.1 Å². The van der Waals surface area contributed by atoms with Crippen molar-refractivity contribution in [3.05, 3.63) is 29.3 Å². The van der Waals surface area contributed by atoms with Gasteiger partial charge in [0.1, 0.15) is 5.75 Å². The zero-order valence-corrected chi connectivity index (χ0v) is 10.3. The summed E-state index contributed by atoms with van der Waals surface area (Å²) in [7, 11) is 1.66. The third-order valence-electron chi connectivity index (χ3n) is 2.52. The topological polar surface area (TPSA) is 41.5 Å². The number of aliphatic hydroxyl groups excluding tert-OH is 1. The van der Waals surface area contributed by atoms with Crippen LogP contribution < -0.4 is 10.1 Å². The molecule has 0 heterocycles. The third kappa shape index (κ3) is 3.83. The predicted octanol–water partition coefficient (Wildman–Crippen LogP) is 1.52. The van der Waals surface area contributed by atoms with Gasteiger partial charge in [0.25, 0.3) is 0 Å². The lowest BCUT2D eigenvalue weighted by atomic mass is 10.0. The lowest BCUT2D eigenvalue weighted by Gasteiger charge is -2.14. The molecule has 2 N–H and O–H groups in total. The second-order valence-corrected chi connectivity index (χ2v) is 3.98. The van der Waals surface area contributed by atoms with E-state index >= 15 is 0 Å². The van der Waals surface area contributed by atoms with Crippen molar-refractivity contribution in [3.63, 3.8) is 0 Å². The molecule has 0 bridgehead atoms. The van der Waals surface area contributed by atoms with Gasteiger partial charge in [0.15, 0.2) is 0 Å². The zero-order valence-electron chi connectivity index (χ0n) is 10.3. The Balaban J connectivity index is 2.67. The van der Waals surface area contributed by atoms with E-state index in [4.69, 9.17) is 4.74 Å². The van der Waals surface area contributed by atoms with Crippen molar-refractivity contribution >= 4 is 0 Å². The van der Waals surface area contributed by atoms with Gasteiger partial charge in [-0.15, -0.1) is 0 Å². The number of nitrogens with one attached hydrogen (secondary N) is 1. The summed E-state index contributed by atoms with van der Waals surface area (Å²) in [6.45, 7) is 5.56. The number of benzene rings is 1. The summed E-state index contributed by atoms with van der Waals surface area (Å²) < 4.78 is 5.27. The summed E-state index contributed by atoms with van der Waals surface area (Å²) in [6, 6.07) is 6.03. The molecule has 0 amide bonds. The maximum Gasteiger partial charge on any atom is 0.122 e.